The van der Waals surface area contributed by atoms with Gasteiger partial charge in [0.2, 0.25) is 0 Å². The van der Waals surface area contributed by atoms with Gasteiger partial charge in [-0.2, -0.15) is 0 Å². The van der Waals surface area contributed by atoms with Crippen LogP contribution in [-0.2, 0) is 0 Å². The van der Waals surface area contributed by atoms with Gasteiger partial charge in [-0.3, -0.25) is 4.79 Å². The van der Waals surface area contributed by atoms with Crippen LogP contribution in [0.25, 0.3) is 0 Å². The van der Waals surface area contributed by atoms with Crippen molar-refractivity contribution in [3.05, 3.63) is 39.8 Å². The third-order valence-corrected chi connectivity index (χ3v) is 3.66. The standard InChI is InChI=1S/C12H12BrN3O2S/c13-10-7-15-12(19-10)16-9-3-1-8(2-4-9)11(18)14-5-6-17/h1-4,7,17H,5-6H2,(H,14,18)(H,15,16). The topological polar surface area (TPSA) is 74.2 Å². The average molecular weight is 342 g/mol. The summed E-state index contributed by atoms with van der Waals surface area (Å²) < 4.78 is 0.954. The van der Waals surface area contributed by atoms with E-state index >= 15 is 0 Å². The number of benzene rings is 1. The van der Waals surface area contributed by atoms with Crippen molar-refractivity contribution in [2.45, 2.75) is 0 Å². The fourth-order valence-electron chi connectivity index (χ4n) is 1.41. The lowest BCUT2D eigenvalue weighted by Crippen LogP contribution is -2.26. The number of thiazole rings is 1. The molecule has 5 nitrogen and oxygen atoms in total. The number of aliphatic hydroxyl groups is 1. The number of rotatable bonds is 5. The highest BCUT2D eigenvalue weighted by Gasteiger charge is 2.05. The molecule has 0 aliphatic carbocycles. The molecule has 0 saturated heterocycles. The third kappa shape index (κ3) is 4.02. The average Bonchev–Trinajstić information content (AvgIpc) is 2.82. The number of nitrogens with zero attached hydrogens (tertiary/aromatic N) is 1. The Kier molecular flexibility index (Phi) is 4.89. The lowest BCUT2D eigenvalue weighted by Gasteiger charge is -2.05. The van der Waals surface area contributed by atoms with Crippen molar-refractivity contribution < 1.29 is 9.90 Å². The lowest BCUT2D eigenvalue weighted by molar-refractivity contribution is 0.0945. The monoisotopic (exact) mass is 341 g/mol. The molecule has 0 aliphatic heterocycles. The maximum atomic E-state index is 11.6. The van der Waals surface area contributed by atoms with Gasteiger partial charge >= 0.3 is 0 Å². The van der Waals surface area contributed by atoms with Gasteiger partial charge in [-0.05, 0) is 40.2 Å². The van der Waals surface area contributed by atoms with Crippen LogP contribution >= 0.6 is 27.3 Å². The molecule has 0 spiro atoms. The minimum atomic E-state index is -0.197. The van der Waals surface area contributed by atoms with E-state index in [0.29, 0.717) is 5.56 Å². The van der Waals surface area contributed by atoms with Gasteiger partial charge in [0.1, 0.15) is 0 Å². The van der Waals surface area contributed by atoms with Crippen molar-refractivity contribution in [1.82, 2.24) is 10.3 Å². The number of nitrogens with one attached hydrogen (secondary N) is 2. The molecule has 1 amide bonds. The van der Waals surface area contributed by atoms with E-state index in [2.05, 4.69) is 31.5 Å². The summed E-state index contributed by atoms with van der Waals surface area (Å²) >= 11 is 4.83. The van der Waals surface area contributed by atoms with Crippen LogP contribution in [-0.4, -0.2) is 29.1 Å². The SMILES string of the molecule is O=C(NCCO)c1ccc(Nc2ncc(Br)s2)cc1. The maximum absolute atomic E-state index is 11.6. The zero-order valence-corrected chi connectivity index (χ0v) is 12.3. The molecular weight excluding hydrogens is 330 g/mol. The molecule has 100 valence electrons. The predicted molar refractivity (Wildman–Crippen MR) is 79.0 cm³/mol. The minimum Gasteiger partial charge on any atom is -0.395 e. The summed E-state index contributed by atoms with van der Waals surface area (Å²) in [5.74, 6) is -0.197. The van der Waals surface area contributed by atoms with E-state index in [4.69, 9.17) is 5.11 Å². The van der Waals surface area contributed by atoms with Crippen LogP contribution < -0.4 is 10.6 Å². The van der Waals surface area contributed by atoms with Crippen molar-refractivity contribution >= 4 is 44.0 Å². The fourth-order valence-corrected chi connectivity index (χ4v) is 2.54. The normalized spacial score (nSPS) is 10.2. The summed E-state index contributed by atoms with van der Waals surface area (Å²) in [6.45, 7) is 0.191. The molecule has 19 heavy (non-hydrogen) atoms. The molecule has 0 unspecified atom stereocenters. The van der Waals surface area contributed by atoms with Gasteiger partial charge in [-0.1, -0.05) is 11.3 Å². The van der Waals surface area contributed by atoms with Gasteiger partial charge < -0.3 is 15.7 Å². The second kappa shape index (κ2) is 6.65. The Morgan fingerprint density at radius 3 is 2.68 bits per heavy atom. The van der Waals surface area contributed by atoms with Crippen molar-refractivity contribution in [2.75, 3.05) is 18.5 Å². The van der Waals surface area contributed by atoms with Crippen LogP contribution in [0.15, 0.2) is 34.2 Å². The molecule has 0 atom stereocenters. The van der Waals surface area contributed by atoms with Crippen molar-refractivity contribution in [3.8, 4) is 0 Å². The van der Waals surface area contributed by atoms with Crippen molar-refractivity contribution in [2.24, 2.45) is 0 Å². The van der Waals surface area contributed by atoms with Crippen LogP contribution in [0.1, 0.15) is 10.4 Å². The molecule has 3 N–H and O–H groups in total. The summed E-state index contributed by atoms with van der Waals surface area (Å²) in [6, 6.07) is 7.06. The highest BCUT2D eigenvalue weighted by atomic mass is 79.9. The first-order chi connectivity index (χ1) is 9.19. The highest BCUT2D eigenvalue weighted by Crippen LogP contribution is 2.26. The predicted octanol–water partition coefficient (Wildman–Crippen LogP) is 2.37. The number of hydrogen-bond donors (Lipinski definition) is 3. The Morgan fingerprint density at radius 2 is 2.11 bits per heavy atom. The van der Waals surface area contributed by atoms with Gasteiger partial charge in [0.05, 0.1) is 16.6 Å². The number of carbonyl (C=O) groups is 1. The highest BCUT2D eigenvalue weighted by molar-refractivity contribution is 9.11. The minimum absolute atomic E-state index is 0.0652. The smallest absolute Gasteiger partial charge is 0.251 e. The maximum Gasteiger partial charge on any atom is 0.251 e. The molecule has 0 radical (unpaired) electrons. The second-order valence-corrected chi connectivity index (χ2v) is 6.06. The van der Waals surface area contributed by atoms with Crippen LogP contribution in [0, 0.1) is 0 Å². The molecule has 1 heterocycles. The van der Waals surface area contributed by atoms with E-state index in [1.54, 1.807) is 18.3 Å². The summed E-state index contributed by atoms with van der Waals surface area (Å²) in [4.78, 5) is 15.8. The number of anilines is 2. The van der Waals surface area contributed by atoms with Crippen LogP contribution in [0.4, 0.5) is 10.8 Å². The first kappa shape index (κ1) is 14.0. The molecule has 1 aromatic carbocycles. The first-order valence-corrected chi connectivity index (χ1v) is 7.17. The van der Waals surface area contributed by atoms with Gasteiger partial charge in [0.25, 0.3) is 5.91 Å². The largest absolute Gasteiger partial charge is 0.395 e. The van der Waals surface area contributed by atoms with Gasteiger partial charge in [-0.15, -0.1) is 0 Å². The molecule has 0 aliphatic rings. The fraction of sp³-hybridized carbons (Fsp3) is 0.167. The molecule has 0 fully saturated rings. The van der Waals surface area contributed by atoms with Crippen molar-refractivity contribution in [1.29, 1.82) is 0 Å². The van der Waals surface area contributed by atoms with E-state index in [-0.39, 0.29) is 19.1 Å². The summed E-state index contributed by atoms with van der Waals surface area (Å²) in [5.41, 5.74) is 1.42. The molecule has 7 heteroatoms. The number of halogens is 1. The Hall–Kier alpha value is -1.44. The number of aromatic nitrogens is 1. The first-order valence-electron chi connectivity index (χ1n) is 5.56. The van der Waals surface area contributed by atoms with Crippen LogP contribution in [0.3, 0.4) is 0 Å². The number of aliphatic hydroxyl groups excluding tert-OH is 1. The molecule has 2 rings (SSSR count). The number of carbonyl (C=O) groups excluding carboxylic acids is 1. The third-order valence-electron chi connectivity index (χ3n) is 2.27. The Balaban J connectivity index is 2.00. The molecule has 1 aromatic heterocycles. The van der Waals surface area contributed by atoms with Gasteiger partial charge in [-0.25, -0.2) is 4.98 Å². The number of amides is 1. The zero-order valence-electron chi connectivity index (χ0n) is 9.89. The van der Waals surface area contributed by atoms with E-state index in [9.17, 15) is 4.79 Å². The van der Waals surface area contributed by atoms with Crippen molar-refractivity contribution in [3.63, 3.8) is 0 Å². The van der Waals surface area contributed by atoms with E-state index in [1.807, 2.05) is 12.1 Å². The quantitative estimate of drug-likeness (QED) is 0.780. The molecular formula is C12H12BrN3O2S. The Morgan fingerprint density at radius 1 is 1.37 bits per heavy atom. The molecule has 2 aromatic rings. The summed E-state index contributed by atoms with van der Waals surface area (Å²) in [5, 5.41) is 15.2. The van der Waals surface area contributed by atoms with Crippen LogP contribution in [0.2, 0.25) is 0 Å². The lowest BCUT2D eigenvalue weighted by atomic mass is 10.2. The number of hydrogen-bond acceptors (Lipinski definition) is 5. The summed E-state index contributed by atoms with van der Waals surface area (Å²) in [7, 11) is 0. The summed E-state index contributed by atoms with van der Waals surface area (Å²) in [6.07, 6.45) is 1.73. The van der Waals surface area contributed by atoms with E-state index < -0.39 is 0 Å². The molecule has 0 bridgehead atoms. The Labute approximate surface area is 122 Å². The zero-order chi connectivity index (χ0) is 13.7. The van der Waals surface area contributed by atoms with Crippen LogP contribution in [0.5, 0.6) is 0 Å². The van der Waals surface area contributed by atoms with Gasteiger partial charge in [0.15, 0.2) is 5.13 Å². The Bertz CT molecular complexity index is 556. The van der Waals surface area contributed by atoms with Gasteiger partial charge in [0, 0.05) is 17.8 Å². The molecule has 0 saturated carbocycles. The second-order valence-electron chi connectivity index (χ2n) is 3.65. The van der Waals surface area contributed by atoms with E-state index in [0.717, 1.165) is 14.6 Å². The van der Waals surface area contributed by atoms with E-state index in [1.165, 1.54) is 11.3 Å².